The van der Waals surface area contributed by atoms with Gasteiger partial charge in [-0.3, -0.25) is 9.36 Å². The molecule has 0 N–H and O–H groups in total. The van der Waals surface area contributed by atoms with E-state index in [9.17, 15) is 4.79 Å². The Bertz CT molecular complexity index is 1230. The number of benzene rings is 1. The third kappa shape index (κ3) is 3.86. The molecule has 1 aliphatic heterocycles. The summed E-state index contributed by atoms with van der Waals surface area (Å²) in [5.41, 5.74) is 1.95. The summed E-state index contributed by atoms with van der Waals surface area (Å²) in [4.78, 5) is 23.6. The summed E-state index contributed by atoms with van der Waals surface area (Å²) in [6.45, 7) is 1.31. The Morgan fingerprint density at radius 3 is 2.93 bits per heavy atom. The lowest BCUT2D eigenvalue weighted by atomic mass is 10.2. The number of fused-ring (bicyclic) bond motifs is 3. The molecule has 5 rings (SSSR count). The van der Waals surface area contributed by atoms with Gasteiger partial charge in [-0.25, -0.2) is 9.97 Å². The maximum absolute atomic E-state index is 13.4. The first-order chi connectivity index (χ1) is 14.2. The Balaban J connectivity index is 1.58. The van der Waals surface area contributed by atoms with Crippen LogP contribution in [-0.4, -0.2) is 27.2 Å². The molecule has 0 aliphatic carbocycles. The van der Waals surface area contributed by atoms with Crippen molar-refractivity contribution < 1.29 is 4.74 Å². The van der Waals surface area contributed by atoms with Crippen LogP contribution >= 0.6 is 39.0 Å². The molecule has 4 aromatic rings. The van der Waals surface area contributed by atoms with Crippen LogP contribution in [0.5, 0.6) is 0 Å². The molecule has 8 heteroatoms. The molecular weight excluding hydrogens is 470 g/mol. The second-order valence-electron chi connectivity index (χ2n) is 7.00. The van der Waals surface area contributed by atoms with E-state index >= 15 is 0 Å². The fourth-order valence-electron chi connectivity index (χ4n) is 3.53. The SMILES string of the molecule is O=c1c2sc3ncccc3c2nc(SCc2ccc(Br)cc2)n1C[C@H]1CCCO1. The fraction of sp³-hybridized carbons (Fsp3) is 0.286. The lowest BCUT2D eigenvalue weighted by Crippen LogP contribution is -2.28. The van der Waals surface area contributed by atoms with Crippen molar-refractivity contribution in [2.24, 2.45) is 0 Å². The van der Waals surface area contributed by atoms with Crippen molar-refractivity contribution in [2.75, 3.05) is 6.61 Å². The van der Waals surface area contributed by atoms with Crippen molar-refractivity contribution in [3.8, 4) is 0 Å². The van der Waals surface area contributed by atoms with E-state index in [-0.39, 0.29) is 11.7 Å². The van der Waals surface area contributed by atoms with E-state index < -0.39 is 0 Å². The van der Waals surface area contributed by atoms with E-state index in [1.54, 1.807) is 22.5 Å². The van der Waals surface area contributed by atoms with Crippen LogP contribution in [0.4, 0.5) is 0 Å². The van der Waals surface area contributed by atoms with Crippen molar-refractivity contribution in [1.29, 1.82) is 0 Å². The average molecular weight is 488 g/mol. The molecule has 3 aromatic heterocycles. The van der Waals surface area contributed by atoms with E-state index in [1.807, 2.05) is 24.3 Å². The molecule has 5 nitrogen and oxygen atoms in total. The van der Waals surface area contributed by atoms with Gasteiger partial charge in [-0.15, -0.1) is 11.3 Å². The smallest absolute Gasteiger partial charge is 0.272 e. The van der Waals surface area contributed by atoms with E-state index in [4.69, 9.17) is 9.72 Å². The number of rotatable bonds is 5. The van der Waals surface area contributed by atoms with Gasteiger partial charge in [0.05, 0.1) is 18.2 Å². The fourth-order valence-corrected chi connectivity index (χ4v) is 5.79. The minimum Gasteiger partial charge on any atom is -0.376 e. The van der Waals surface area contributed by atoms with Crippen molar-refractivity contribution in [1.82, 2.24) is 14.5 Å². The number of pyridine rings is 1. The van der Waals surface area contributed by atoms with E-state index in [1.165, 1.54) is 16.9 Å². The average Bonchev–Trinajstić information content (AvgIpc) is 3.38. The van der Waals surface area contributed by atoms with Crippen molar-refractivity contribution in [3.63, 3.8) is 0 Å². The topological polar surface area (TPSA) is 57.0 Å². The van der Waals surface area contributed by atoms with E-state index in [0.29, 0.717) is 11.2 Å². The highest BCUT2D eigenvalue weighted by molar-refractivity contribution is 9.10. The zero-order chi connectivity index (χ0) is 19.8. The van der Waals surface area contributed by atoms with E-state index in [2.05, 4.69) is 33.0 Å². The minimum absolute atomic E-state index is 0.00630. The number of ether oxygens (including phenoxy) is 1. The predicted octanol–water partition coefficient (Wildman–Crippen LogP) is 5.24. The van der Waals surface area contributed by atoms with Crippen molar-refractivity contribution >= 4 is 59.5 Å². The largest absolute Gasteiger partial charge is 0.376 e. The Kier molecular flexibility index (Phi) is 5.43. The molecule has 1 fully saturated rings. The quantitative estimate of drug-likeness (QED) is 0.284. The molecule has 148 valence electrons. The Hall–Kier alpha value is -1.74. The molecule has 0 unspecified atom stereocenters. The van der Waals surface area contributed by atoms with Gasteiger partial charge in [0, 0.05) is 28.4 Å². The molecule has 0 radical (unpaired) electrons. The first kappa shape index (κ1) is 19.2. The molecule has 29 heavy (non-hydrogen) atoms. The lowest BCUT2D eigenvalue weighted by Gasteiger charge is -2.15. The Morgan fingerprint density at radius 1 is 1.28 bits per heavy atom. The number of hydrogen-bond acceptors (Lipinski definition) is 6. The normalized spacial score (nSPS) is 16.8. The highest BCUT2D eigenvalue weighted by Crippen LogP contribution is 2.31. The van der Waals surface area contributed by atoms with Gasteiger partial charge in [-0.1, -0.05) is 39.8 Å². The summed E-state index contributed by atoms with van der Waals surface area (Å²) in [5.74, 6) is 0.747. The van der Waals surface area contributed by atoms with Gasteiger partial charge >= 0.3 is 0 Å². The second-order valence-corrected chi connectivity index (χ2v) is 9.85. The summed E-state index contributed by atoms with van der Waals surface area (Å²) >= 11 is 6.49. The van der Waals surface area contributed by atoms with Crippen LogP contribution in [0.3, 0.4) is 0 Å². The van der Waals surface area contributed by atoms with Gasteiger partial charge in [0.2, 0.25) is 0 Å². The summed E-state index contributed by atoms with van der Waals surface area (Å²) in [6.07, 6.45) is 3.86. The number of hydrogen-bond donors (Lipinski definition) is 0. The highest BCUT2D eigenvalue weighted by atomic mass is 79.9. The summed E-state index contributed by atoms with van der Waals surface area (Å²) < 4.78 is 9.33. The van der Waals surface area contributed by atoms with Gasteiger partial charge in [0.25, 0.3) is 5.56 Å². The molecule has 0 saturated carbocycles. The van der Waals surface area contributed by atoms with Crippen molar-refractivity contribution in [2.45, 2.75) is 36.4 Å². The third-order valence-electron chi connectivity index (χ3n) is 5.01. The summed E-state index contributed by atoms with van der Waals surface area (Å²) in [5, 5.41) is 1.68. The Morgan fingerprint density at radius 2 is 2.14 bits per heavy atom. The van der Waals surface area contributed by atoms with Gasteiger partial charge in [-0.05, 0) is 42.7 Å². The molecule has 1 aliphatic rings. The molecule has 1 atom stereocenters. The van der Waals surface area contributed by atoms with E-state index in [0.717, 1.165) is 50.6 Å². The minimum atomic E-state index is 0.00630. The van der Waals surface area contributed by atoms with Gasteiger partial charge in [-0.2, -0.15) is 0 Å². The van der Waals surface area contributed by atoms with Crippen LogP contribution in [0.15, 0.2) is 57.0 Å². The summed E-state index contributed by atoms with van der Waals surface area (Å²) in [6, 6.07) is 12.1. The highest BCUT2D eigenvalue weighted by Gasteiger charge is 2.22. The molecule has 0 bridgehead atoms. The maximum Gasteiger partial charge on any atom is 0.272 e. The molecule has 0 amide bonds. The first-order valence-corrected chi connectivity index (χ1v) is 12.1. The molecule has 0 spiro atoms. The standard InChI is InChI=1S/C21H18BrN3O2S2/c22-14-7-5-13(6-8-14)12-28-21-24-17-16-4-1-9-23-19(16)29-18(17)20(26)25(21)11-15-3-2-10-27-15/h1,4-9,15H,2-3,10-12H2/t15-/m1/s1. The predicted molar refractivity (Wildman–Crippen MR) is 122 cm³/mol. The number of aromatic nitrogens is 3. The number of thioether (sulfide) groups is 1. The second kappa shape index (κ2) is 8.18. The molecule has 4 heterocycles. The first-order valence-electron chi connectivity index (χ1n) is 9.46. The van der Waals surface area contributed by atoms with Gasteiger partial charge < -0.3 is 4.74 Å². The van der Waals surface area contributed by atoms with Gasteiger partial charge in [0.15, 0.2) is 5.16 Å². The van der Waals surface area contributed by atoms with Crippen LogP contribution in [-0.2, 0) is 17.0 Å². The third-order valence-corrected chi connectivity index (χ3v) is 7.68. The van der Waals surface area contributed by atoms with Crippen LogP contribution in [0.25, 0.3) is 20.4 Å². The molecule has 1 saturated heterocycles. The number of thiophene rings is 1. The number of halogens is 1. The van der Waals surface area contributed by atoms with Crippen LogP contribution in [0.1, 0.15) is 18.4 Å². The Labute approximate surface area is 184 Å². The zero-order valence-electron chi connectivity index (χ0n) is 15.5. The summed E-state index contributed by atoms with van der Waals surface area (Å²) in [7, 11) is 0. The van der Waals surface area contributed by atoms with Gasteiger partial charge in [0.1, 0.15) is 9.53 Å². The zero-order valence-corrected chi connectivity index (χ0v) is 18.7. The van der Waals surface area contributed by atoms with Crippen LogP contribution < -0.4 is 5.56 Å². The monoisotopic (exact) mass is 487 g/mol. The molecular formula is C21H18BrN3O2S2. The van der Waals surface area contributed by atoms with Crippen molar-refractivity contribution in [3.05, 3.63) is 63.0 Å². The molecule has 1 aromatic carbocycles. The van der Waals surface area contributed by atoms with Crippen LogP contribution in [0.2, 0.25) is 0 Å². The number of nitrogens with zero attached hydrogens (tertiary/aromatic N) is 3. The van der Waals surface area contributed by atoms with Crippen LogP contribution in [0, 0.1) is 0 Å². The lowest BCUT2D eigenvalue weighted by molar-refractivity contribution is 0.0938. The maximum atomic E-state index is 13.4.